The fraction of sp³-hybridized carbons (Fsp3) is 0.130. The summed E-state index contributed by atoms with van der Waals surface area (Å²) in [6.07, 6.45) is 1.70. The van der Waals surface area contributed by atoms with Crippen molar-refractivity contribution in [2.45, 2.75) is 13.0 Å². The van der Waals surface area contributed by atoms with Crippen LogP contribution in [0.5, 0.6) is 5.75 Å². The fourth-order valence-electron chi connectivity index (χ4n) is 2.88. The lowest BCUT2D eigenvalue weighted by molar-refractivity contribution is -0.123. The van der Waals surface area contributed by atoms with E-state index in [1.165, 1.54) is 0 Å². The van der Waals surface area contributed by atoms with Crippen LogP contribution in [0.3, 0.4) is 0 Å². The summed E-state index contributed by atoms with van der Waals surface area (Å²) >= 11 is 0. The molecule has 0 aliphatic heterocycles. The Labute approximate surface area is 173 Å². The zero-order chi connectivity index (χ0) is 20.8. The Morgan fingerprint density at radius 1 is 1.00 bits per heavy atom. The van der Waals surface area contributed by atoms with Crippen molar-refractivity contribution in [1.29, 1.82) is 0 Å². The van der Waals surface area contributed by atoms with E-state index in [0.717, 1.165) is 16.8 Å². The summed E-state index contributed by atoms with van der Waals surface area (Å²) in [5.74, 6) is 1.30. The van der Waals surface area contributed by atoms with Gasteiger partial charge in [0.05, 0.1) is 11.7 Å². The zero-order valence-corrected chi connectivity index (χ0v) is 16.4. The quantitative estimate of drug-likeness (QED) is 0.503. The Hall–Kier alpha value is -4.00. The minimum Gasteiger partial charge on any atom is -0.484 e. The molecule has 7 nitrogen and oxygen atoms in total. The molecule has 0 saturated carbocycles. The van der Waals surface area contributed by atoms with Gasteiger partial charge in [0.2, 0.25) is 5.82 Å². The first kappa shape index (κ1) is 19.3. The molecule has 1 atom stereocenters. The van der Waals surface area contributed by atoms with Crippen molar-refractivity contribution in [2.24, 2.45) is 0 Å². The van der Waals surface area contributed by atoms with Gasteiger partial charge in [0, 0.05) is 17.3 Å². The van der Waals surface area contributed by atoms with Gasteiger partial charge in [-0.25, -0.2) is 0 Å². The molecule has 0 spiro atoms. The topological polar surface area (TPSA) is 90.1 Å². The number of carbonyl (C=O) groups excluding carboxylic acids is 1. The van der Waals surface area contributed by atoms with E-state index >= 15 is 0 Å². The molecular weight excluding hydrogens is 380 g/mol. The van der Waals surface area contributed by atoms with Gasteiger partial charge in [0.1, 0.15) is 5.75 Å². The highest BCUT2D eigenvalue weighted by Crippen LogP contribution is 2.24. The molecule has 1 unspecified atom stereocenters. The molecule has 150 valence electrons. The molecule has 2 aromatic carbocycles. The molecule has 1 N–H and O–H groups in total. The molecule has 0 fully saturated rings. The summed E-state index contributed by atoms with van der Waals surface area (Å²) in [5.41, 5.74) is 2.45. The van der Waals surface area contributed by atoms with E-state index in [1.807, 2.05) is 67.6 Å². The Morgan fingerprint density at radius 3 is 2.50 bits per heavy atom. The van der Waals surface area contributed by atoms with Gasteiger partial charge in [-0.2, -0.15) is 4.98 Å². The number of pyridine rings is 1. The average Bonchev–Trinajstić information content (AvgIpc) is 3.29. The van der Waals surface area contributed by atoms with E-state index in [0.29, 0.717) is 17.5 Å². The number of nitrogens with one attached hydrogen (secondary N) is 1. The largest absolute Gasteiger partial charge is 0.484 e. The third-order valence-electron chi connectivity index (χ3n) is 4.44. The Balaban J connectivity index is 1.33. The Morgan fingerprint density at radius 2 is 1.77 bits per heavy atom. The molecule has 30 heavy (non-hydrogen) atoms. The van der Waals surface area contributed by atoms with Crippen molar-refractivity contribution in [2.75, 3.05) is 6.61 Å². The number of nitrogens with zero attached hydrogens (tertiary/aromatic N) is 3. The third kappa shape index (κ3) is 4.70. The second kappa shape index (κ2) is 9.00. The summed E-state index contributed by atoms with van der Waals surface area (Å²) < 4.78 is 10.9. The highest BCUT2D eigenvalue weighted by molar-refractivity contribution is 5.78. The molecule has 2 heterocycles. The van der Waals surface area contributed by atoms with Gasteiger partial charge in [-0.1, -0.05) is 41.6 Å². The molecule has 0 bridgehead atoms. The Bertz CT molecular complexity index is 1100. The Kier molecular flexibility index (Phi) is 5.80. The predicted octanol–water partition coefficient (Wildman–Crippen LogP) is 4.05. The number of amides is 1. The molecule has 4 aromatic rings. The van der Waals surface area contributed by atoms with Gasteiger partial charge in [-0.05, 0) is 43.3 Å². The molecule has 1 amide bonds. The smallest absolute Gasteiger partial charge is 0.258 e. The normalized spacial score (nSPS) is 11.6. The molecule has 0 aliphatic rings. The maximum Gasteiger partial charge on any atom is 0.258 e. The van der Waals surface area contributed by atoms with Crippen LogP contribution in [-0.4, -0.2) is 27.6 Å². The number of ether oxygens (including phenoxy) is 1. The molecular formula is C23H20N4O3. The van der Waals surface area contributed by atoms with Crippen LogP contribution in [0.15, 0.2) is 83.5 Å². The molecule has 0 saturated heterocycles. The van der Waals surface area contributed by atoms with Crippen molar-refractivity contribution >= 4 is 5.91 Å². The highest BCUT2D eigenvalue weighted by Gasteiger charge is 2.12. The lowest BCUT2D eigenvalue weighted by Crippen LogP contribution is -2.31. The summed E-state index contributed by atoms with van der Waals surface area (Å²) in [7, 11) is 0. The van der Waals surface area contributed by atoms with Crippen LogP contribution in [-0.2, 0) is 4.79 Å². The minimum atomic E-state index is -0.221. The fourth-order valence-corrected chi connectivity index (χ4v) is 2.88. The van der Waals surface area contributed by atoms with Gasteiger partial charge in [-0.15, -0.1) is 0 Å². The van der Waals surface area contributed by atoms with Crippen LogP contribution in [0.4, 0.5) is 0 Å². The summed E-state index contributed by atoms with van der Waals surface area (Å²) in [4.78, 5) is 20.8. The third-order valence-corrected chi connectivity index (χ3v) is 4.44. The molecule has 0 radical (unpaired) electrons. The van der Waals surface area contributed by atoms with Crippen molar-refractivity contribution in [3.05, 3.63) is 84.7 Å². The molecule has 7 heteroatoms. The van der Waals surface area contributed by atoms with E-state index < -0.39 is 0 Å². The monoisotopic (exact) mass is 400 g/mol. The SMILES string of the molecule is CC(NC(=O)COc1ccc(-c2nc(-c3ccccc3)no2)cc1)c1ccccn1. The van der Waals surface area contributed by atoms with E-state index in [9.17, 15) is 4.79 Å². The van der Waals surface area contributed by atoms with Crippen molar-refractivity contribution in [3.63, 3.8) is 0 Å². The standard InChI is InChI=1S/C23H20N4O3/c1-16(20-9-5-6-14-24-20)25-21(28)15-29-19-12-10-18(11-13-19)23-26-22(27-30-23)17-7-3-2-4-8-17/h2-14,16H,15H2,1H3,(H,25,28). The second-order valence-corrected chi connectivity index (χ2v) is 6.65. The van der Waals surface area contributed by atoms with Gasteiger partial charge >= 0.3 is 0 Å². The van der Waals surface area contributed by atoms with Crippen molar-refractivity contribution in [3.8, 4) is 28.6 Å². The highest BCUT2D eigenvalue weighted by atomic mass is 16.5. The van der Waals surface area contributed by atoms with Crippen LogP contribution in [0.25, 0.3) is 22.8 Å². The summed E-state index contributed by atoms with van der Waals surface area (Å²) in [6, 6.07) is 22.2. The first-order valence-electron chi connectivity index (χ1n) is 9.52. The van der Waals surface area contributed by atoms with Crippen molar-refractivity contribution in [1.82, 2.24) is 20.4 Å². The number of hydrogen-bond donors (Lipinski definition) is 1. The summed E-state index contributed by atoms with van der Waals surface area (Å²) in [5, 5.41) is 6.88. The van der Waals surface area contributed by atoms with Gasteiger partial charge in [-0.3, -0.25) is 9.78 Å². The van der Waals surface area contributed by atoms with Gasteiger partial charge < -0.3 is 14.6 Å². The molecule has 4 rings (SSSR count). The number of rotatable bonds is 7. The number of benzene rings is 2. The predicted molar refractivity (Wildman–Crippen MR) is 111 cm³/mol. The first-order chi connectivity index (χ1) is 14.7. The first-order valence-corrected chi connectivity index (χ1v) is 9.52. The van der Waals surface area contributed by atoms with Crippen LogP contribution in [0, 0.1) is 0 Å². The van der Waals surface area contributed by atoms with Gasteiger partial charge in [0.25, 0.3) is 11.8 Å². The maximum absolute atomic E-state index is 12.1. The molecule has 0 aliphatic carbocycles. The zero-order valence-electron chi connectivity index (χ0n) is 16.4. The maximum atomic E-state index is 12.1. The minimum absolute atomic E-state index is 0.0881. The number of carbonyl (C=O) groups is 1. The lowest BCUT2D eigenvalue weighted by Gasteiger charge is -2.13. The van der Waals surface area contributed by atoms with Crippen molar-refractivity contribution < 1.29 is 14.1 Å². The number of hydrogen-bond acceptors (Lipinski definition) is 6. The summed E-state index contributed by atoms with van der Waals surface area (Å²) in [6.45, 7) is 1.79. The second-order valence-electron chi connectivity index (χ2n) is 6.65. The van der Waals surface area contributed by atoms with E-state index in [-0.39, 0.29) is 18.6 Å². The molecule has 2 aromatic heterocycles. The van der Waals surface area contributed by atoms with Gasteiger partial charge in [0.15, 0.2) is 6.61 Å². The van der Waals surface area contributed by atoms with Crippen LogP contribution in [0.2, 0.25) is 0 Å². The van der Waals surface area contributed by atoms with E-state index in [2.05, 4.69) is 20.4 Å². The van der Waals surface area contributed by atoms with Crippen LogP contribution in [0.1, 0.15) is 18.7 Å². The average molecular weight is 400 g/mol. The van der Waals surface area contributed by atoms with Crippen LogP contribution >= 0.6 is 0 Å². The lowest BCUT2D eigenvalue weighted by atomic mass is 10.2. The number of aromatic nitrogens is 3. The van der Waals surface area contributed by atoms with Crippen LogP contribution < -0.4 is 10.1 Å². The van der Waals surface area contributed by atoms with E-state index in [1.54, 1.807) is 18.3 Å². The van der Waals surface area contributed by atoms with E-state index in [4.69, 9.17) is 9.26 Å².